The summed E-state index contributed by atoms with van der Waals surface area (Å²) in [4.78, 5) is 0. The minimum atomic E-state index is -2.33. The van der Waals surface area contributed by atoms with Gasteiger partial charge in [0.15, 0.2) is 0 Å². The Hall–Kier alpha value is 1.07. The molecule has 0 N–H and O–H groups in total. The van der Waals surface area contributed by atoms with E-state index in [9.17, 15) is 8.76 Å². The molecule has 0 saturated heterocycles. The molecule has 0 saturated carbocycles. The number of rotatable bonds is 12. The van der Waals surface area contributed by atoms with E-state index in [2.05, 4.69) is 11.1 Å². The second kappa shape index (κ2) is 17.1. The van der Waals surface area contributed by atoms with Gasteiger partial charge in [0.25, 0.3) is 0 Å². The van der Waals surface area contributed by atoms with Gasteiger partial charge >= 0.3 is 29.6 Å². The van der Waals surface area contributed by atoms with Gasteiger partial charge in [-0.05, 0) is 6.42 Å². The van der Waals surface area contributed by atoms with Crippen LogP contribution < -0.4 is 29.6 Å². The normalized spacial score (nSPS) is 12.1. The van der Waals surface area contributed by atoms with E-state index in [0.717, 1.165) is 12.8 Å². The van der Waals surface area contributed by atoms with Gasteiger partial charge in [-0.1, -0.05) is 64.7 Å². The fourth-order valence-electron chi connectivity index (χ4n) is 1.72. The minimum Gasteiger partial charge on any atom is -0.750 e. The molecule has 98 valence electrons. The summed E-state index contributed by atoms with van der Waals surface area (Å²) in [6, 6.07) is 0. The summed E-state index contributed by atoms with van der Waals surface area (Å²) in [6.07, 6.45) is 12.5. The molecule has 0 aliphatic heterocycles. The Morgan fingerprint density at radius 1 is 0.882 bits per heavy atom. The molecule has 5 heteroatoms. The molecule has 1 atom stereocenters. The van der Waals surface area contributed by atoms with Crippen molar-refractivity contribution in [2.45, 2.75) is 71.1 Å². The van der Waals surface area contributed by atoms with E-state index >= 15 is 0 Å². The van der Waals surface area contributed by atoms with Gasteiger partial charge in [-0.3, -0.25) is 0 Å². The van der Waals surface area contributed by atoms with Crippen LogP contribution in [-0.4, -0.2) is 15.4 Å². The monoisotopic (exact) mass is 272 g/mol. The molecule has 0 aliphatic rings. The average Bonchev–Trinajstić information content (AvgIpc) is 2.25. The van der Waals surface area contributed by atoms with Crippen molar-refractivity contribution in [3.05, 3.63) is 0 Å². The van der Waals surface area contributed by atoms with E-state index in [-0.39, 0.29) is 29.6 Å². The van der Waals surface area contributed by atoms with E-state index in [1.165, 1.54) is 51.4 Å². The van der Waals surface area contributed by atoms with Crippen LogP contribution in [0, 0.1) is 0 Å². The Morgan fingerprint density at radius 2 is 1.29 bits per heavy atom. The molecule has 0 rings (SSSR count). The topological polar surface area (TPSA) is 49.4 Å². The minimum absolute atomic E-state index is 0. The molecule has 0 fully saturated rings. The summed E-state index contributed by atoms with van der Waals surface area (Å²) < 4.78 is 24.5. The van der Waals surface area contributed by atoms with Gasteiger partial charge in [0, 0.05) is 0 Å². The van der Waals surface area contributed by atoms with Crippen LogP contribution in [0.15, 0.2) is 0 Å². The van der Waals surface area contributed by atoms with Gasteiger partial charge in [-0.15, -0.1) is 0 Å². The number of hydrogen-bond acceptors (Lipinski definition) is 3. The van der Waals surface area contributed by atoms with Crippen molar-refractivity contribution in [1.29, 1.82) is 0 Å². The molecule has 0 aromatic carbocycles. The van der Waals surface area contributed by atoms with Crippen molar-refractivity contribution in [3.8, 4) is 0 Å². The zero-order chi connectivity index (χ0) is 12.1. The molecule has 0 aromatic heterocycles. The van der Waals surface area contributed by atoms with Crippen LogP contribution in [0.3, 0.4) is 0 Å². The van der Waals surface area contributed by atoms with Gasteiger partial charge in [-0.25, -0.2) is 4.21 Å². The molecular formula is C12H25NaO3S. The third kappa shape index (κ3) is 19.6. The van der Waals surface area contributed by atoms with Crippen LogP contribution in [0.25, 0.3) is 0 Å². The van der Waals surface area contributed by atoms with E-state index in [1.54, 1.807) is 0 Å². The Labute approximate surface area is 131 Å². The Balaban J connectivity index is 0. The molecule has 17 heavy (non-hydrogen) atoms. The molecule has 0 aromatic rings. The predicted octanol–water partition coefficient (Wildman–Crippen LogP) is 0.722. The van der Waals surface area contributed by atoms with Gasteiger partial charge in [0.2, 0.25) is 0 Å². The summed E-state index contributed by atoms with van der Waals surface area (Å²) in [7, 11) is 0. The maximum atomic E-state index is 10.0. The molecule has 0 aliphatic carbocycles. The number of unbranched alkanes of at least 4 members (excludes halogenated alkanes) is 9. The van der Waals surface area contributed by atoms with Crippen LogP contribution in [0.4, 0.5) is 0 Å². The van der Waals surface area contributed by atoms with Gasteiger partial charge < -0.3 is 8.74 Å². The molecule has 3 nitrogen and oxygen atoms in total. The van der Waals surface area contributed by atoms with E-state index in [1.807, 2.05) is 0 Å². The first-order valence-electron chi connectivity index (χ1n) is 6.50. The Morgan fingerprint density at radius 3 is 1.71 bits per heavy atom. The SMILES string of the molecule is CCCCCCCCCCCCOS(=O)[O-].[Na+]. The third-order valence-electron chi connectivity index (χ3n) is 2.68. The van der Waals surface area contributed by atoms with Crippen molar-refractivity contribution in [2.24, 2.45) is 0 Å². The molecule has 0 bridgehead atoms. The molecule has 0 spiro atoms. The van der Waals surface area contributed by atoms with E-state index < -0.39 is 11.4 Å². The van der Waals surface area contributed by atoms with Crippen LogP contribution in [0.1, 0.15) is 71.1 Å². The van der Waals surface area contributed by atoms with Crippen molar-refractivity contribution in [2.75, 3.05) is 6.61 Å². The average molecular weight is 272 g/mol. The van der Waals surface area contributed by atoms with Crippen LogP contribution in [0.5, 0.6) is 0 Å². The fourth-order valence-corrected chi connectivity index (χ4v) is 1.97. The third-order valence-corrected chi connectivity index (χ3v) is 3.04. The first-order chi connectivity index (χ1) is 7.77. The molecular weight excluding hydrogens is 247 g/mol. The first-order valence-corrected chi connectivity index (χ1v) is 7.50. The summed E-state index contributed by atoms with van der Waals surface area (Å²) in [5.41, 5.74) is 0. The maximum Gasteiger partial charge on any atom is 1.00 e. The van der Waals surface area contributed by atoms with Crippen molar-refractivity contribution in [1.82, 2.24) is 0 Å². The fraction of sp³-hybridized carbons (Fsp3) is 1.00. The largest absolute Gasteiger partial charge is 1.00 e. The summed E-state index contributed by atoms with van der Waals surface area (Å²) >= 11 is -2.33. The van der Waals surface area contributed by atoms with E-state index in [4.69, 9.17) is 0 Å². The van der Waals surface area contributed by atoms with Gasteiger partial charge in [0.1, 0.15) is 0 Å². The predicted molar refractivity (Wildman–Crippen MR) is 66.7 cm³/mol. The van der Waals surface area contributed by atoms with E-state index in [0.29, 0.717) is 6.61 Å². The summed E-state index contributed by atoms with van der Waals surface area (Å²) in [6.45, 7) is 2.57. The second-order valence-corrected chi connectivity index (χ2v) is 4.85. The Bertz CT molecular complexity index is 168. The zero-order valence-corrected chi connectivity index (χ0v) is 14.2. The molecule has 0 heterocycles. The van der Waals surface area contributed by atoms with Crippen LogP contribution >= 0.6 is 0 Å². The molecule has 1 unspecified atom stereocenters. The van der Waals surface area contributed by atoms with Crippen molar-refractivity contribution in [3.63, 3.8) is 0 Å². The second-order valence-electron chi connectivity index (χ2n) is 4.21. The van der Waals surface area contributed by atoms with Crippen LogP contribution in [-0.2, 0) is 15.5 Å². The van der Waals surface area contributed by atoms with Crippen molar-refractivity contribution >= 4 is 11.4 Å². The quantitative estimate of drug-likeness (QED) is 0.299. The number of hydrogen-bond donors (Lipinski definition) is 0. The maximum absolute atomic E-state index is 10.0. The Kier molecular flexibility index (Phi) is 20.5. The van der Waals surface area contributed by atoms with Crippen molar-refractivity contribution < 1.29 is 42.5 Å². The summed E-state index contributed by atoms with van der Waals surface area (Å²) in [5.74, 6) is 0. The molecule has 0 radical (unpaired) electrons. The molecule has 0 amide bonds. The van der Waals surface area contributed by atoms with Gasteiger partial charge in [-0.2, -0.15) is 0 Å². The zero-order valence-electron chi connectivity index (χ0n) is 11.4. The van der Waals surface area contributed by atoms with Gasteiger partial charge in [0.05, 0.1) is 18.0 Å². The standard InChI is InChI=1S/C12H26O3S.Na/c1-2-3-4-5-6-7-8-9-10-11-12-15-16(13)14;/h2-12H2,1H3,(H,13,14);/q;+1/p-1. The summed E-state index contributed by atoms with van der Waals surface area (Å²) in [5, 5.41) is 0. The smallest absolute Gasteiger partial charge is 0.750 e. The first kappa shape index (κ1) is 20.4. The van der Waals surface area contributed by atoms with Crippen LogP contribution in [0.2, 0.25) is 0 Å².